The van der Waals surface area contributed by atoms with Crippen LogP contribution in [0.2, 0.25) is 0 Å². The van der Waals surface area contributed by atoms with Crippen LogP contribution >= 0.6 is 0 Å². The Kier molecular flexibility index (Phi) is 4.50. The molecule has 0 aliphatic carbocycles. The number of hydrogen-bond acceptors (Lipinski definition) is 0. The molecule has 0 heterocycles. The highest BCUT2D eigenvalue weighted by Crippen LogP contribution is 2.35. The minimum absolute atomic E-state index is 0.0116. The molecular formula is C23H32. The molecule has 0 aromatic heterocycles. The maximum absolute atomic E-state index is 2.37. The molecule has 0 saturated heterocycles. The average Bonchev–Trinajstić information content (AvgIpc) is 2.46. The van der Waals surface area contributed by atoms with E-state index in [-0.39, 0.29) is 16.2 Å². The molecule has 0 heteroatoms. The molecule has 0 bridgehead atoms. The van der Waals surface area contributed by atoms with Crippen molar-refractivity contribution in [2.45, 2.75) is 71.6 Å². The second kappa shape index (κ2) is 5.82. The van der Waals surface area contributed by atoms with E-state index in [0.29, 0.717) is 0 Å². The maximum Gasteiger partial charge on any atom is 0.0146 e. The highest BCUT2D eigenvalue weighted by Gasteiger charge is 2.25. The molecule has 0 aliphatic rings. The summed E-state index contributed by atoms with van der Waals surface area (Å²) in [5.74, 6) is 0. The molecule has 2 aromatic carbocycles. The second-order valence-corrected chi connectivity index (χ2v) is 9.28. The predicted molar refractivity (Wildman–Crippen MR) is 102 cm³/mol. The lowest BCUT2D eigenvalue weighted by molar-refractivity contribution is 0.579. The largest absolute Gasteiger partial charge is 0.0617 e. The fourth-order valence-electron chi connectivity index (χ4n) is 2.93. The molecule has 0 saturated carbocycles. The van der Waals surface area contributed by atoms with Gasteiger partial charge < -0.3 is 0 Å². The van der Waals surface area contributed by atoms with Gasteiger partial charge in [0.1, 0.15) is 0 Å². The van der Waals surface area contributed by atoms with Crippen LogP contribution in [0.5, 0.6) is 0 Å². The third-order valence-corrected chi connectivity index (χ3v) is 4.92. The standard InChI is InChI=1S/C23H32/c1-21(2,3)17-12-14-18(15-13-17)23(7,8)20-11-9-10-19(16-20)22(4,5)6/h9-16H,1-8H3. The lowest BCUT2D eigenvalue weighted by atomic mass is 9.75. The molecule has 0 aliphatic heterocycles. The van der Waals surface area contributed by atoms with E-state index < -0.39 is 0 Å². The first-order chi connectivity index (χ1) is 10.4. The van der Waals surface area contributed by atoms with E-state index in [1.807, 2.05) is 0 Å². The van der Waals surface area contributed by atoms with E-state index in [1.165, 1.54) is 22.3 Å². The summed E-state index contributed by atoms with van der Waals surface area (Å²) in [7, 11) is 0. The van der Waals surface area contributed by atoms with Crippen LogP contribution in [0.15, 0.2) is 48.5 Å². The van der Waals surface area contributed by atoms with Crippen molar-refractivity contribution >= 4 is 0 Å². The van der Waals surface area contributed by atoms with Gasteiger partial charge in [-0.1, -0.05) is 104 Å². The summed E-state index contributed by atoms with van der Waals surface area (Å²) in [5.41, 5.74) is 5.94. The minimum Gasteiger partial charge on any atom is -0.0617 e. The van der Waals surface area contributed by atoms with Crippen molar-refractivity contribution in [1.82, 2.24) is 0 Å². The van der Waals surface area contributed by atoms with Crippen molar-refractivity contribution in [3.8, 4) is 0 Å². The van der Waals surface area contributed by atoms with Gasteiger partial charge in [-0.15, -0.1) is 0 Å². The first kappa shape index (κ1) is 17.8. The molecule has 0 unspecified atom stereocenters. The van der Waals surface area contributed by atoms with Gasteiger partial charge in [-0.25, -0.2) is 0 Å². The monoisotopic (exact) mass is 308 g/mol. The lowest BCUT2D eigenvalue weighted by Crippen LogP contribution is -2.21. The van der Waals surface area contributed by atoms with Crippen molar-refractivity contribution in [3.05, 3.63) is 70.8 Å². The van der Waals surface area contributed by atoms with E-state index in [0.717, 1.165) is 0 Å². The third kappa shape index (κ3) is 3.86. The molecular weight excluding hydrogens is 276 g/mol. The van der Waals surface area contributed by atoms with Crippen molar-refractivity contribution < 1.29 is 0 Å². The van der Waals surface area contributed by atoms with Crippen LogP contribution in [0.1, 0.15) is 77.6 Å². The molecule has 23 heavy (non-hydrogen) atoms. The molecule has 0 fully saturated rings. The first-order valence-electron chi connectivity index (χ1n) is 8.64. The van der Waals surface area contributed by atoms with Crippen LogP contribution in [0.4, 0.5) is 0 Å². The fourth-order valence-corrected chi connectivity index (χ4v) is 2.93. The molecule has 2 rings (SSSR count). The van der Waals surface area contributed by atoms with Gasteiger partial charge in [0.25, 0.3) is 0 Å². The van der Waals surface area contributed by atoms with Crippen molar-refractivity contribution in [3.63, 3.8) is 0 Å². The van der Waals surface area contributed by atoms with Gasteiger partial charge in [-0.3, -0.25) is 0 Å². The minimum atomic E-state index is 0.0116. The first-order valence-corrected chi connectivity index (χ1v) is 8.64. The molecule has 0 amide bonds. The highest BCUT2D eigenvalue weighted by atomic mass is 14.3. The van der Waals surface area contributed by atoms with Gasteiger partial charge in [-0.2, -0.15) is 0 Å². The number of benzene rings is 2. The Hall–Kier alpha value is -1.56. The SMILES string of the molecule is CC(C)(C)c1ccc(C(C)(C)c2cccc(C(C)(C)C)c2)cc1. The fraction of sp³-hybridized carbons (Fsp3) is 0.478. The van der Waals surface area contributed by atoms with Gasteiger partial charge >= 0.3 is 0 Å². The smallest absolute Gasteiger partial charge is 0.0146 e. The van der Waals surface area contributed by atoms with E-state index in [2.05, 4.69) is 104 Å². The van der Waals surface area contributed by atoms with Crippen molar-refractivity contribution in [1.29, 1.82) is 0 Å². The van der Waals surface area contributed by atoms with Gasteiger partial charge in [0.2, 0.25) is 0 Å². The number of rotatable bonds is 2. The summed E-state index contributed by atoms with van der Waals surface area (Å²) < 4.78 is 0. The molecule has 0 atom stereocenters. The van der Waals surface area contributed by atoms with Crippen LogP contribution in [-0.2, 0) is 16.2 Å². The van der Waals surface area contributed by atoms with E-state index in [9.17, 15) is 0 Å². The molecule has 0 spiro atoms. The predicted octanol–water partition coefficient (Wildman–Crippen LogP) is 6.61. The van der Waals surface area contributed by atoms with Crippen molar-refractivity contribution in [2.75, 3.05) is 0 Å². The second-order valence-electron chi connectivity index (χ2n) is 9.28. The van der Waals surface area contributed by atoms with Gasteiger partial charge in [0, 0.05) is 5.41 Å². The molecule has 124 valence electrons. The van der Waals surface area contributed by atoms with E-state index >= 15 is 0 Å². The summed E-state index contributed by atoms with van der Waals surface area (Å²) in [6, 6.07) is 18.2. The van der Waals surface area contributed by atoms with Crippen molar-refractivity contribution in [2.24, 2.45) is 0 Å². The Morgan fingerprint density at radius 2 is 0.913 bits per heavy atom. The maximum atomic E-state index is 2.37. The Bertz CT molecular complexity index is 658. The van der Waals surface area contributed by atoms with Crippen LogP contribution in [0.3, 0.4) is 0 Å². The molecule has 2 aromatic rings. The summed E-state index contributed by atoms with van der Waals surface area (Å²) in [4.78, 5) is 0. The van der Waals surface area contributed by atoms with E-state index in [4.69, 9.17) is 0 Å². The highest BCUT2D eigenvalue weighted by molar-refractivity contribution is 5.42. The zero-order chi connectivity index (χ0) is 17.5. The van der Waals surface area contributed by atoms with Gasteiger partial charge in [0.05, 0.1) is 0 Å². The van der Waals surface area contributed by atoms with Gasteiger partial charge in [-0.05, 0) is 33.1 Å². The van der Waals surface area contributed by atoms with Gasteiger partial charge in [0.15, 0.2) is 0 Å². The van der Waals surface area contributed by atoms with Crippen LogP contribution in [0, 0.1) is 0 Å². The zero-order valence-electron chi connectivity index (χ0n) is 16.1. The third-order valence-electron chi connectivity index (χ3n) is 4.92. The average molecular weight is 309 g/mol. The Labute approximate surface area is 143 Å². The summed E-state index contributed by atoms with van der Waals surface area (Å²) >= 11 is 0. The topological polar surface area (TPSA) is 0 Å². The van der Waals surface area contributed by atoms with Crippen LogP contribution in [0.25, 0.3) is 0 Å². The van der Waals surface area contributed by atoms with Crippen LogP contribution < -0.4 is 0 Å². The normalized spacial score (nSPS) is 13.2. The number of hydrogen-bond donors (Lipinski definition) is 0. The molecule has 0 radical (unpaired) electrons. The summed E-state index contributed by atoms with van der Waals surface area (Å²) in [5, 5.41) is 0. The van der Waals surface area contributed by atoms with Crippen LogP contribution in [-0.4, -0.2) is 0 Å². The molecule has 0 nitrogen and oxygen atoms in total. The quantitative estimate of drug-likeness (QED) is 0.585. The Morgan fingerprint density at radius 1 is 0.478 bits per heavy atom. The Morgan fingerprint density at radius 3 is 1.39 bits per heavy atom. The lowest BCUT2D eigenvalue weighted by Gasteiger charge is -2.29. The van der Waals surface area contributed by atoms with E-state index in [1.54, 1.807) is 0 Å². The molecule has 0 N–H and O–H groups in total. The zero-order valence-corrected chi connectivity index (χ0v) is 16.1. The summed E-state index contributed by atoms with van der Waals surface area (Å²) in [6.45, 7) is 18.3. The Balaban J connectivity index is 2.42. The summed E-state index contributed by atoms with van der Waals surface area (Å²) in [6.07, 6.45) is 0.